The number of aromatic carboxylic acids is 1. The molecule has 0 aromatic heterocycles. The number of fused-ring (bicyclic) bond motifs is 2. The van der Waals surface area contributed by atoms with Crippen LogP contribution in [-0.4, -0.2) is 28.9 Å². The van der Waals surface area contributed by atoms with E-state index < -0.39 is 12.1 Å². The van der Waals surface area contributed by atoms with Crippen LogP contribution in [0.5, 0.6) is 5.75 Å². The quantitative estimate of drug-likeness (QED) is 0.442. The number of ether oxygens (including phenoxy) is 1. The van der Waals surface area contributed by atoms with Gasteiger partial charge in [-0.1, -0.05) is 56.5 Å². The molecule has 0 spiro atoms. The van der Waals surface area contributed by atoms with Gasteiger partial charge in [-0.2, -0.15) is 0 Å². The van der Waals surface area contributed by atoms with E-state index in [0.717, 1.165) is 40.8 Å². The van der Waals surface area contributed by atoms with Crippen LogP contribution in [0.4, 0.5) is 0 Å². The van der Waals surface area contributed by atoms with Crippen LogP contribution in [0.1, 0.15) is 43.0 Å². The average molecular weight is 352 g/mol. The number of aliphatic hydroxyl groups excluding tert-OH is 1. The summed E-state index contributed by atoms with van der Waals surface area (Å²) in [7, 11) is 0. The van der Waals surface area contributed by atoms with Gasteiger partial charge in [-0.15, -0.1) is 0 Å². The minimum atomic E-state index is -0.967. The molecule has 3 aromatic rings. The fraction of sp³-hybridized carbons (Fsp3) is 0.318. The minimum absolute atomic E-state index is 0.199. The first-order valence-electron chi connectivity index (χ1n) is 9.10. The molecule has 0 fully saturated rings. The summed E-state index contributed by atoms with van der Waals surface area (Å²) in [6.07, 6.45) is 3.35. The minimum Gasteiger partial charge on any atom is -0.490 e. The molecule has 0 amide bonds. The Morgan fingerprint density at radius 3 is 2.58 bits per heavy atom. The molecule has 26 heavy (non-hydrogen) atoms. The Morgan fingerprint density at radius 1 is 1.04 bits per heavy atom. The van der Waals surface area contributed by atoms with Crippen LogP contribution in [0.25, 0.3) is 21.5 Å². The zero-order valence-electron chi connectivity index (χ0n) is 14.9. The molecule has 1 unspecified atom stereocenters. The maximum atomic E-state index is 11.4. The first-order chi connectivity index (χ1) is 12.6. The van der Waals surface area contributed by atoms with Crippen molar-refractivity contribution < 1.29 is 19.7 Å². The second-order valence-electron chi connectivity index (χ2n) is 6.63. The van der Waals surface area contributed by atoms with Gasteiger partial charge in [0, 0.05) is 10.8 Å². The first-order valence-corrected chi connectivity index (χ1v) is 9.10. The lowest BCUT2D eigenvalue weighted by Crippen LogP contribution is -2.17. The van der Waals surface area contributed by atoms with Crippen LogP contribution in [-0.2, 0) is 0 Å². The molecule has 4 nitrogen and oxygen atoms in total. The Hall–Kier alpha value is -2.59. The van der Waals surface area contributed by atoms with Gasteiger partial charge in [0.25, 0.3) is 0 Å². The summed E-state index contributed by atoms with van der Waals surface area (Å²) in [4.78, 5) is 11.4. The highest BCUT2D eigenvalue weighted by Crippen LogP contribution is 2.35. The molecular weight excluding hydrogens is 328 g/mol. The molecule has 0 heterocycles. The van der Waals surface area contributed by atoms with Gasteiger partial charge >= 0.3 is 5.97 Å². The molecule has 0 saturated carbocycles. The number of unbranched alkanes of at least 4 members (excludes halogenated alkanes) is 2. The van der Waals surface area contributed by atoms with Gasteiger partial charge in [-0.3, -0.25) is 0 Å². The van der Waals surface area contributed by atoms with Crippen LogP contribution in [0.3, 0.4) is 0 Å². The molecule has 1 atom stereocenters. The summed E-state index contributed by atoms with van der Waals surface area (Å²) < 4.78 is 6.02. The van der Waals surface area contributed by atoms with Crippen molar-refractivity contribution in [1.82, 2.24) is 0 Å². The normalized spacial score (nSPS) is 12.4. The summed E-state index contributed by atoms with van der Waals surface area (Å²) in [5, 5.41) is 23.1. The molecule has 0 aliphatic heterocycles. The predicted molar refractivity (Wildman–Crippen MR) is 104 cm³/mol. The van der Waals surface area contributed by atoms with E-state index in [-0.39, 0.29) is 12.2 Å². The third-order valence-electron chi connectivity index (χ3n) is 4.62. The van der Waals surface area contributed by atoms with Crippen molar-refractivity contribution in [2.45, 2.75) is 38.7 Å². The molecule has 3 rings (SSSR count). The van der Waals surface area contributed by atoms with E-state index in [1.807, 2.05) is 30.3 Å². The van der Waals surface area contributed by atoms with E-state index in [2.05, 4.69) is 6.92 Å². The SMILES string of the molecule is CCCCCC(O)COc1c2ccccc2cc2ccc(C(=O)O)cc12. The lowest BCUT2D eigenvalue weighted by Gasteiger charge is -2.16. The largest absolute Gasteiger partial charge is 0.490 e. The summed E-state index contributed by atoms with van der Waals surface area (Å²) in [5.41, 5.74) is 0.223. The Balaban J connectivity index is 1.98. The molecule has 3 aromatic carbocycles. The second-order valence-corrected chi connectivity index (χ2v) is 6.63. The van der Waals surface area contributed by atoms with Crippen molar-refractivity contribution in [3.05, 3.63) is 54.1 Å². The summed E-state index contributed by atoms with van der Waals surface area (Å²) >= 11 is 0. The van der Waals surface area contributed by atoms with Crippen molar-refractivity contribution in [2.75, 3.05) is 6.61 Å². The third kappa shape index (κ3) is 3.97. The zero-order chi connectivity index (χ0) is 18.5. The van der Waals surface area contributed by atoms with Crippen LogP contribution in [0.2, 0.25) is 0 Å². The van der Waals surface area contributed by atoms with E-state index in [1.54, 1.807) is 18.2 Å². The Kier molecular flexibility index (Phi) is 5.74. The van der Waals surface area contributed by atoms with E-state index in [9.17, 15) is 15.0 Å². The van der Waals surface area contributed by atoms with Gasteiger partial charge in [0.15, 0.2) is 0 Å². The van der Waals surface area contributed by atoms with Crippen LogP contribution < -0.4 is 4.74 Å². The number of aliphatic hydroxyl groups is 1. The maximum Gasteiger partial charge on any atom is 0.335 e. The van der Waals surface area contributed by atoms with Gasteiger partial charge < -0.3 is 14.9 Å². The van der Waals surface area contributed by atoms with Crippen molar-refractivity contribution in [2.24, 2.45) is 0 Å². The molecular formula is C22H24O4. The van der Waals surface area contributed by atoms with E-state index in [4.69, 9.17) is 4.74 Å². The number of benzene rings is 3. The number of carbonyl (C=O) groups is 1. The van der Waals surface area contributed by atoms with E-state index in [1.165, 1.54) is 0 Å². The van der Waals surface area contributed by atoms with Crippen LogP contribution in [0.15, 0.2) is 48.5 Å². The lowest BCUT2D eigenvalue weighted by atomic mass is 10.00. The van der Waals surface area contributed by atoms with E-state index in [0.29, 0.717) is 12.2 Å². The molecule has 0 saturated heterocycles. The fourth-order valence-corrected chi connectivity index (χ4v) is 3.20. The smallest absolute Gasteiger partial charge is 0.335 e. The molecule has 0 bridgehead atoms. The summed E-state index contributed by atoms with van der Waals surface area (Å²) in [6, 6.07) is 14.9. The molecule has 0 aliphatic rings. The van der Waals surface area contributed by atoms with Crippen LogP contribution >= 0.6 is 0 Å². The number of rotatable bonds is 8. The van der Waals surface area contributed by atoms with Gasteiger partial charge in [-0.25, -0.2) is 4.79 Å². The van der Waals surface area contributed by atoms with Gasteiger partial charge in [0.05, 0.1) is 11.7 Å². The Bertz CT molecular complexity index is 917. The highest BCUT2D eigenvalue weighted by Gasteiger charge is 2.13. The third-order valence-corrected chi connectivity index (χ3v) is 4.62. The van der Waals surface area contributed by atoms with Crippen LogP contribution in [0, 0.1) is 0 Å². The fourth-order valence-electron chi connectivity index (χ4n) is 3.20. The average Bonchev–Trinajstić information content (AvgIpc) is 2.64. The number of hydrogen-bond acceptors (Lipinski definition) is 3. The van der Waals surface area contributed by atoms with Crippen molar-refractivity contribution in [3.63, 3.8) is 0 Å². The predicted octanol–water partition coefficient (Wildman–Crippen LogP) is 5.01. The zero-order valence-corrected chi connectivity index (χ0v) is 14.9. The molecule has 4 heteroatoms. The molecule has 2 N–H and O–H groups in total. The Labute approximate surface area is 153 Å². The van der Waals surface area contributed by atoms with Gasteiger partial charge in [-0.05, 0) is 35.4 Å². The standard InChI is InChI=1S/C22H24O4/c1-2-3-4-8-18(23)14-26-21-19-9-6-5-7-15(19)12-16-10-11-17(22(24)25)13-20(16)21/h5-7,9-13,18,23H,2-4,8,14H2,1H3,(H,24,25). The number of hydrogen-bond donors (Lipinski definition) is 2. The first kappa shape index (κ1) is 18.2. The maximum absolute atomic E-state index is 11.4. The van der Waals surface area contributed by atoms with Gasteiger partial charge in [0.2, 0.25) is 0 Å². The highest BCUT2D eigenvalue weighted by molar-refractivity contribution is 6.07. The molecule has 136 valence electrons. The monoisotopic (exact) mass is 352 g/mol. The number of carboxylic acids is 1. The molecule has 0 radical (unpaired) electrons. The topological polar surface area (TPSA) is 66.8 Å². The van der Waals surface area contributed by atoms with Gasteiger partial charge in [0.1, 0.15) is 12.4 Å². The lowest BCUT2D eigenvalue weighted by molar-refractivity contribution is 0.0697. The summed E-state index contributed by atoms with van der Waals surface area (Å²) in [5.74, 6) is -0.332. The highest BCUT2D eigenvalue weighted by atomic mass is 16.5. The Morgan fingerprint density at radius 2 is 1.81 bits per heavy atom. The summed E-state index contributed by atoms with van der Waals surface area (Å²) in [6.45, 7) is 2.33. The van der Waals surface area contributed by atoms with Crippen molar-refractivity contribution in [1.29, 1.82) is 0 Å². The molecule has 0 aliphatic carbocycles. The second kappa shape index (κ2) is 8.19. The van der Waals surface area contributed by atoms with Crippen molar-refractivity contribution in [3.8, 4) is 5.75 Å². The number of carboxylic acid groups (broad SMARTS) is 1. The van der Waals surface area contributed by atoms with Crippen molar-refractivity contribution >= 4 is 27.5 Å². The van der Waals surface area contributed by atoms with E-state index >= 15 is 0 Å².